The van der Waals surface area contributed by atoms with Crippen LogP contribution in [0.1, 0.15) is 37.0 Å². The quantitative estimate of drug-likeness (QED) is 0.271. The number of fused-ring (bicyclic) bond motifs is 1. The van der Waals surface area contributed by atoms with Crippen molar-refractivity contribution < 1.29 is 23.9 Å². The van der Waals surface area contributed by atoms with E-state index in [4.69, 9.17) is 15.2 Å². The van der Waals surface area contributed by atoms with E-state index in [2.05, 4.69) is 25.9 Å². The van der Waals surface area contributed by atoms with Crippen molar-refractivity contribution in [3.05, 3.63) is 40.2 Å². The zero-order valence-electron chi connectivity index (χ0n) is 20.1. The van der Waals surface area contributed by atoms with Crippen molar-refractivity contribution in [3.8, 4) is 0 Å². The minimum atomic E-state index is -0.966. The highest BCUT2D eigenvalue weighted by atomic mass is 32.2. The largest absolute Gasteiger partial charge is 0.466 e. The average Bonchev–Trinajstić information content (AvgIpc) is 2.85. The van der Waals surface area contributed by atoms with Crippen molar-refractivity contribution in [2.45, 2.75) is 42.9 Å². The second-order valence-electron chi connectivity index (χ2n) is 7.83. The number of thioether (sulfide) groups is 1. The Morgan fingerprint density at radius 1 is 1.19 bits per heavy atom. The van der Waals surface area contributed by atoms with Crippen LogP contribution in [0.15, 0.2) is 34.0 Å². The van der Waals surface area contributed by atoms with Crippen molar-refractivity contribution in [1.82, 2.24) is 15.3 Å². The number of rotatable bonds is 11. The Morgan fingerprint density at radius 2 is 1.92 bits per heavy atom. The molecule has 1 amide bonds. The topological polar surface area (TPSA) is 178 Å². The lowest BCUT2D eigenvalue weighted by atomic mass is 10.1. The molecule has 1 aliphatic rings. The molecule has 2 atom stereocenters. The van der Waals surface area contributed by atoms with Crippen LogP contribution in [0.5, 0.6) is 0 Å². The normalized spacial score (nSPS) is 15.1. The molecule has 0 radical (unpaired) electrons. The summed E-state index contributed by atoms with van der Waals surface area (Å²) < 4.78 is 9.91. The third-order valence-electron chi connectivity index (χ3n) is 5.18. The number of aromatic amines is 1. The van der Waals surface area contributed by atoms with E-state index < -0.39 is 23.9 Å². The van der Waals surface area contributed by atoms with Gasteiger partial charge in [0.1, 0.15) is 16.8 Å². The number of anilines is 3. The van der Waals surface area contributed by atoms with Gasteiger partial charge in [-0.15, -0.1) is 11.8 Å². The molecule has 1 unspecified atom stereocenters. The van der Waals surface area contributed by atoms with Gasteiger partial charge in [-0.25, -0.2) is 4.79 Å². The number of esters is 2. The minimum Gasteiger partial charge on any atom is -0.466 e. The summed E-state index contributed by atoms with van der Waals surface area (Å²) in [5.41, 5.74) is 6.44. The number of nitrogens with two attached hydrogens (primary N) is 1. The van der Waals surface area contributed by atoms with Gasteiger partial charge in [0.05, 0.1) is 13.2 Å². The van der Waals surface area contributed by atoms with E-state index in [-0.39, 0.29) is 42.8 Å². The predicted octanol–water partition coefficient (Wildman–Crippen LogP) is 1.36. The smallest absolute Gasteiger partial charge is 0.328 e. The monoisotopic (exact) mass is 518 g/mol. The van der Waals surface area contributed by atoms with Crippen molar-refractivity contribution in [3.63, 3.8) is 0 Å². The van der Waals surface area contributed by atoms with Gasteiger partial charge in [-0.05, 0) is 44.5 Å². The molecule has 12 nitrogen and oxygen atoms in total. The molecule has 1 aromatic heterocycles. The van der Waals surface area contributed by atoms with Gasteiger partial charge in [0.2, 0.25) is 5.95 Å². The molecule has 1 aromatic carbocycles. The fraction of sp³-hybridized carbons (Fsp3) is 0.435. The van der Waals surface area contributed by atoms with E-state index in [1.807, 2.05) is 0 Å². The first kappa shape index (κ1) is 26.9. The second-order valence-corrected chi connectivity index (χ2v) is 9.14. The maximum absolute atomic E-state index is 12.7. The van der Waals surface area contributed by atoms with Crippen LogP contribution in [0.4, 0.5) is 17.5 Å². The van der Waals surface area contributed by atoms with Crippen LogP contribution in [0.2, 0.25) is 0 Å². The summed E-state index contributed by atoms with van der Waals surface area (Å²) in [4.78, 5) is 55.8. The lowest BCUT2D eigenvalue weighted by Crippen LogP contribution is -2.42. The van der Waals surface area contributed by atoms with E-state index in [0.717, 1.165) is 5.69 Å². The number of carbonyl (C=O) groups is 3. The third kappa shape index (κ3) is 7.38. The molecule has 36 heavy (non-hydrogen) atoms. The van der Waals surface area contributed by atoms with Gasteiger partial charge in [0.15, 0.2) is 0 Å². The third-order valence-corrected chi connectivity index (χ3v) is 6.46. The Labute approximate surface area is 212 Å². The molecule has 3 rings (SSSR count). The molecular formula is C23H30N6O6S. The molecule has 13 heteroatoms. The van der Waals surface area contributed by atoms with E-state index >= 15 is 0 Å². The zero-order valence-corrected chi connectivity index (χ0v) is 20.9. The van der Waals surface area contributed by atoms with Gasteiger partial charge in [-0.2, -0.15) is 4.98 Å². The van der Waals surface area contributed by atoms with Crippen LogP contribution in [0, 0.1) is 0 Å². The Hall–Kier alpha value is -3.74. The Balaban J connectivity index is 1.54. The highest BCUT2D eigenvalue weighted by Gasteiger charge is 2.25. The Kier molecular flexibility index (Phi) is 9.56. The van der Waals surface area contributed by atoms with Crippen LogP contribution in [0.25, 0.3) is 0 Å². The van der Waals surface area contributed by atoms with Gasteiger partial charge >= 0.3 is 11.9 Å². The number of nitrogen functional groups attached to an aromatic ring is 1. The van der Waals surface area contributed by atoms with E-state index in [1.165, 1.54) is 11.8 Å². The Bertz CT molecular complexity index is 1140. The van der Waals surface area contributed by atoms with Gasteiger partial charge in [0.25, 0.3) is 11.5 Å². The molecule has 194 valence electrons. The summed E-state index contributed by atoms with van der Waals surface area (Å²) in [5, 5.41) is 9.11. The zero-order chi connectivity index (χ0) is 26.1. The molecule has 0 saturated carbocycles. The van der Waals surface area contributed by atoms with E-state index in [0.29, 0.717) is 29.4 Å². The molecule has 2 aromatic rings. The fourth-order valence-electron chi connectivity index (χ4n) is 3.44. The van der Waals surface area contributed by atoms with Crippen LogP contribution in [0.3, 0.4) is 0 Å². The maximum Gasteiger partial charge on any atom is 0.328 e. The number of carbonyl (C=O) groups excluding carboxylic acids is 3. The highest BCUT2D eigenvalue weighted by molar-refractivity contribution is 8.00. The van der Waals surface area contributed by atoms with Gasteiger partial charge in [0, 0.05) is 36.0 Å². The molecule has 2 heterocycles. The molecule has 1 aliphatic heterocycles. The molecule has 0 bridgehead atoms. The number of H-pyrrole nitrogens is 1. The fourth-order valence-corrected chi connectivity index (χ4v) is 4.50. The first-order valence-corrected chi connectivity index (χ1v) is 12.5. The number of benzene rings is 1. The molecule has 0 fully saturated rings. The molecule has 6 N–H and O–H groups in total. The van der Waals surface area contributed by atoms with Gasteiger partial charge < -0.3 is 31.2 Å². The van der Waals surface area contributed by atoms with Crippen LogP contribution in [-0.4, -0.2) is 65.4 Å². The first-order chi connectivity index (χ1) is 17.3. The van der Waals surface area contributed by atoms with Crippen molar-refractivity contribution in [2.24, 2.45) is 0 Å². The number of aromatic nitrogens is 2. The number of hydrogen-bond acceptors (Lipinski definition) is 11. The van der Waals surface area contributed by atoms with Crippen LogP contribution in [-0.2, 0) is 19.1 Å². The second kappa shape index (κ2) is 12.8. The number of amides is 1. The summed E-state index contributed by atoms with van der Waals surface area (Å²) >= 11 is 1.42. The average molecular weight is 519 g/mol. The van der Waals surface area contributed by atoms with E-state index in [9.17, 15) is 19.2 Å². The number of nitrogens with zero attached hydrogens (tertiary/aromatic N) is 1. The highest BCUT2D eigenvalue weighted by Crippen LogP contribution is 2.31. The maximum atomic E-state index is 12.7. The van der Waals surface area contributed by atoms with Crippen molar-refractivity contribution >= 4 is 47.1 Å². The lowest BCUT2D eigenvalue weighted by molar-refractivity contribution is -0.146. The Morgan fingerprint density at radius 3 is 2.61 bits per heavy atom. The molecular weight excluding hydrogens is 488 g/mol. The molecule has 0 spiro atoms. The van der Waals surface area contributed by atoms with Gasteiger partial charge in [-0.3, -0.25) is 19.4 Å². The van der Waals surface area contributed by atoms with Crippen molar-refractivity contribution in [1.29, 1.82) is 0 Å². The molecule has 0 aliphatic carbocycles. The summed E-state index contributed by atoms with van der Waals surface area (Å²) in [6.45, 7) is 4.92. The summed E-state index contributed by atoms with van der Waals surface area (Å²) in [5.74, 6) is -0.962. The number of hydrogen-bond donors (Lipinski definition) is 5. The predicted molar refractivity (Wildman–Crippen MR) is 136 cm³/mol. The van der Waals surface area contributed by atoms with E-state index in [1.54, 1.807) is 38.1 Å². The number of nitrogens with one attached hydrogen (secondary N) is 4. The van der Waals surface area contributed by atoms with Crippen LogP contribution < -0.4 is 27.2 Å². The summed E-state index contributed by atoms with van der Waals surface area (Å²) in [6.07, 6.45) is 0.0541. The van der Waals surface area contributed by atoms with Gasteiger partial charge in [-0.1, -0.05) is 0 Å². The summed E-state index contributed by atoms with van der Waals surface area (Å²) in [7, 11) is 0. The van der Waals surface area contributed by atoms with Crippen LogP contribution >= 0.6 is 11.8 Å². The standard InChI is InChI=1S/C23H30N6O6S/c1-3-34-17(30)10-9-16(22(33)35-4-2)27-20(31)13-5-7-14(8-6-13)25-11-15-12-26-19-18(36-15)21(32)29-23(24)28-19/h5-8,15-16,25H,3-4,9-12H2,1-2H3,(H,27,31)(H4,24,26,28,29,32)/t15?,16-/m0/s1. The summed E-state index contributed by atoms with van der Waals surface area (Å²) in [6, 6.07) is 5.79. The SMILES string of the molecule is CCOC(=O)CC[C@H](NC(=O)c1ccc(NCC2CNc3nc(N)[nH]c(=O)c3S2)cc1)C(=O)OCC. The minimum absolute atomic E-state index is 0.0196. The number of ether oxygens (including phenoxy) is 2. The lowest BCUT2D eigenvalue weighted by Gasteiger charge is -2.24. The first-order valence-electron chi connectivity index (χ1n) is 11.6. The molecule has 0 saturated heterocycles. The van der Waals surface area contributed by atoms with Crippen molar-refractivity contribution in [2.75, 3.05) is 42.7 Å².